The highest BCUT2D eigenvalue weighted by atomic mass is 32.1. The maximum absolute atomic E-state index is 12.3. The van der Waals surface area contributed by atoms with Crippen molar-refractivity contribution in [3.8, 4) is 0 Å². The van der Waals surface area contributed by atoms with Gasteiger partial charge in [0, 0.05) is 23.5 Å². The van der Waals surface area contributed by atoms with E-state index in [2.05, 4.69) is 22.8 Å². The highest BCUT2D eigenvalue weighted by Gasteiger charge is 2.27. The van der Waals surface area contributed by atoms with Crippen LogP contribution in [-0.2, 0) is 11.2 Å². The van der Waals surface area contributed by atoms with Crippen molar-refractivity contribution in [1.82, 2.24) is 0 Å². The number of Topliss-reactive ketones (excluding diaryl/α,β-unsaturated/α-hetero) is 1. The number of rotatable bonds is 4. The Hall–Kier alpha value is -1.61. The third-order valence-electron chi connectivity index (χ3n) is 3.42. The predicted octanol–water partition coefficient (Wildman–Crippen LogP) is 3.46. The van der Waals surface area contributed by atoms with Crippen molar-refractivity contribution in [2.24, 2.45) is 0 Å². The fraction of sp³-hybridized carbons (Fsp3) is 0.267. The van der Waals surface area contributed by atoms with E-state index in [-0.39, 0.29) is 5.92 Å². The summed E-state index contributed by atoms with van der Waals surface area (Å²) in [7, 11) is 0. The summed E-state index contributed by atoms with van der Waals surface area (Å²) in [5.41, 5.74) is 2.28. The van der Waals surface area contributed by atoms with Gasteiger partial charge in [0.05, 0.1) is 5.92 Å². The third-order valence-corrected chi connectivity index (χ3v) is 4.36. The lowest BCUT2D eigenvalue weighted by Gasteiger charge is -2.08. The smallest absolute Gasteiger partial charge is 0.142 e. The van der Waals surface area contributed by atoms with E-state index >= 15 is 0 Å². The minimum absolute atomic E-state index is 0.0427. The monoisotopic (exact) mass is 257 g/mol. The number of para-hydroxylation sites is 1. The maximum atomic E-state index is 12.3. The quantitative estimate of drug-likeness (QED) is 0.908. The number of hydrogen-bond donors (Lipinski definition) is 1. The van der Waals surface area contributed by atoms with Gasteiger partial charge in [0.25, 0.3) is 0 Å². The Labute approximate surface area is 111 Å². The summed E-state index contributed by atoms with van der Waals surface area (Å²) >= 11 is 1.73. The molecule has 3 rings (SSSR count). The SMILES string of the molecule is O=C(CCc1cccs1)C1CNc2ccccc21. The highest BCUT2D eigenvalue weighted by molar-refractivity contribution is 7.09. The predicted molar refractivity (Wildman–Crippen MR) is 75.3 cm³/mol. The average Bonchev–Trinajstić information content (AvgIpc) is 3.05. The third kappa shape index (κ3) is 2.18. The molecule has 2 heterocycles. The first-order chi connectivity index (χ1) is 8.84. The summed E-state index contributed by atoms with van der Waals surface area (Å²) in [6.45, 7) is 0.753. The van der Waals surface area contributed by atoms with Crippen LogP contribution < -0.4 is 5.32 Å². The Bertz CT molecular complexity index is 547. The van der Waals surface area contributed by atoms with Gasteiger partial charge in [0.2, 0.25) is 0 Å². The largest absolute Gasteiger partial charge is 0.384 e. The molecule has 1 N–H and O–H groups in total. The number of thiophene rings is 1. The van der Waals surface area contributed by atoms with E-state index in [4.69, 9.17) is 0 Å². The zero-order valence-corrected chi connectivity index (χ0v) is 10.9. The fourth-order valence-corrected chi connectivity index (χ4v) is 3.16. The van der Waals surface area contributed by atoms with E-state index in [0.29, 0.717) is 12.2 Å². The summed E-state index contributed by atoms with van der Waals surface area (Å²) < 4.78 is 0. The van der Waals surface area contributed by atoms with E-state index in [1.54, 1.807) is 11.3 Å². The highest BCUT2D eigenvalue weighted by Crippen LogP contribution is 2.32. The van der Waals surface area contributed by atoms with E-state index < -0.39 is 0 Å². The van der Waals surface area contributed by atoms with Gasteiger partial charge in [-0.1, -0.05) is 24.3 Å². The number of fused-ring (bicyclic) bond motifs is 1. The number of benzene rings is 1. The van der Waals surface area contributed by atoms with Crippen LogP contribution in [0.2, 0.25) is 0 Å². The Balaban J connectivity index is 1.67. The van der Waals surface area contributed by atoms with E-state index in [0.717, 1.165) is 24.2 Å². The molecule has 0 saturated heterocycles. The van der Waals surface area contributed by atoms with Gasteiger partial charge in [-0.3, -0.25) is 4.79 Å². The second-order valence-corrected chi connectivity index (χ2v) is 5.60. The van der Waals surface area contributed by atoms with E-state index in [9.17, 15) is 4.79 Å². The van der Waals surface area contributed by atoms with Crippen LogP contribution in [0.3, 0.4) is 0 Å². The molecule has 1 aliphatic rings. The van der Waals surface area contributed by atoms with Gasteiger partial charge in [-0.2, -0.15) is 0 Å². The van der Waals surface area contributed by atoms with Crippen molar-refractivity contribution in [3.63, 3.8) is 0 Å². The van der Waals surface area contributed by atoms with Gasteiger partial charge in [-0.25, -0.2) is 0 Å². The number of carbonyl (C=O) groups excluding carboxylic acids is 1. The van der Waals surface area contributed by atoms with Gasteiger partial charge in [-0.05, 0) is 29.5 Å². The number of carbonyl (C=O) groups is 1. The number of hydrogen-bond acceptors (Lipinski definition) is 3. The standard InChI is InChI=1S/C15H15NOS/c17-15(8-7-11-4-3-9-18-11)13-10-16-14-6-2-1-5-12(13)14/h1-6,9,13,16H,7-8,10H2. The number of anilines is 1. The molecule has 1 aromatic heterocycles. The summed E-state index contributed by atoms with van der Waals surface area (Å²) in [4.78, 5) is 13.6. The van der Waals surface area contributed by atoms with Crippen LogP contribution in [0.25, 0.3) is 0 Å². The minimum atomic E-state index is 0.0427. The van der Waals surface area contributed by atoms with Crippen LogP contribution in [-0.4, -0.2) is 12.3 Å². The lowest BCUT2D eigenvalue weighted by Crippen LogP contribution is -2.15. The molecule has 3 heteroatoms. The van der Waals surface area contributed by atoms with E-state index in [1.165, 1.54) is 4.88 Å². The molecular weight excluding hydrogens is 242 g/mol. The first-order valence-electron chi connectivity index (χ1n) is 6.22. The van der Waals surface area contributed by atoms with Crippen LogP contribution >= 0.6 is 11.3 Å². The fourth-order valence-electron chi connectivity index (χ4n) is 2.45. The van der Waals surface area contributed by atoms with Crippen molar-refractivity contribution in [1.29, 1.82) is 0 Å². The molecule has 2 aromatic rings. The summed E-state index contributed by atoms with van der Waals surface area (Å²) in [6.07, 6.45) is 1.51. The number of ketones is 1. The molecule has 1 aliphatic heterocycles. The molecule has 0 spiro atoms. The lowest BCUT2D eigenvalue weighted by molar-refractivity contribution is -0.120. The van der Waals surface area contributed by atoms with Gasteiger partial charge in [-0.15, -0.1) is 11.3 Å². The Kier molecular flexibility index (Phi) is 3.15. The molecule has 0 bridgehead atoms. The molecule has 0 amide bonds. The van der Waals surface area contributed by atoms with Crippen LogP contribution in [0.4, 0.5) is 5.69 Å². The van der Waals surface area contributed by atoms with E-state index in [1.807, 2.05) is 24.3 Å². The van der Waals surface area contributed by atoms with Crippen molar-refractivity contribution < 1.29 is 4.79 Å². The summed E-state index contributed by atoms with van der Waals surface area (Å²) in [6, 6.07) is 12.2. The molecule has 1 atom stereocenters. The maximum Gasteiger partial charge on any atom is 0.142 e. The van der Waals surface area contributed by atoms with Gasteiger partial charge >= 0.3 is 0 Å². The summed E-state index contributed by atoms with van der Waals surface area (Å²) in [5.74, 6) is 0.391. The Morgan fingerprint density at radius 3 is 3.00 bits per heavy atom. The lowest BCUT2D eigenvalue weighted by atomic mass is 9.94. The van der Waals surface area contributed by atoms with Gasteiger partial charge in [0.1, 0.15) is 5.78 Å². The number of nitrogens with one attached hydrogen (secondary N) is 1. The molecule has 0 fully saturated rings. The zero-order chi connectivity index (χ0) is 12.4. The van der Waals surface area contributed by atoms with Gasteiger partial charge in [0.15, 0.2) is 0 Å². The molecule has 92 valence electrons. The van der Waals surface area contributed by atoms with Gasteiger partial charge < -0.3 is 5.32 Å². The van der Waals surface area contributed by atoms with Crippen LogP contribution in [0.5, 0.6) is 0 Å². The van der Waals surface area contributed by atoms with Crippen molar-refractivity contribution in [2.45, 2.75) is 18.8 Å². The molecule has 0 saturated carbocycles. The number of aryl methyl sites for hydroxylation is 1. The minimum Gasteiger partial charge on any atom is -0.384 e. The molecule has 0 radical (unpaired) electrons. The Morgan fingerprint density at radius 2 is 2.17 bits per heavy atom. The second-order valence-electron chi connectivity index (χ2n) is 4.57. The normalized spacial score (nSPS) is 17.2. The van der Waals surface area contributed by atoms with Crippen LogP contribution in [0.1, 0.15) is 22.8 Å². The van der Waals surface area contributed by atoms with Crippen LogP contribution in [0, 0.1) is 0 Å². The summed E-state index contributed by atoms with van der Waals surface area (Å²) in [5, 5.41) is 5.37. The zero-order valence-electron chi connectivity index (χ0n) is 10.1. The molecule has 0 aliphatic carbocycles. The van der Waals surface area contributed by atoms with Crippen molar-refractivity contribution in [3.05, 3.63) is 52.2 Å². The second kappa shape index (κ2) is 4.94. The topological polar surface area (TPSA) is 29.1 Å². The molecule has 18 heavy (non-hydrogen) atoms. The molecule has 1 aromatic carbocycles. The van der Waals surface area contributed by atoms with Crippen molar-refractivity contribution in [2.75, 3.05) is 11.9 Å². The van der Waals surface area contributed by atoms with Crippen LogP contribution in [0.15, 0.2) is 41.8 Å². The molecule has 1 unspecified atom stereocenters. The molecular formula is C15H15NOS. The van der Waals surface area contributed by atoms with Crippen molar-refractivity contribution >= 4 is 22.8 Å². The first kappa shape index (κ1) is 11.5. The first-order valence-corrected chi connectivity index (χ1v) is 7.10. The Morgan fingerprint density at radius 1 is 1.28 bits per heavy atom. The average molecular weight is 257 g/mol. The molecule has 2 nitrogen and oxygen atoms in total.